The summed E-state index contributed by atoms with van der Waals surface area (Å²) < 4.78 is 0. The quantitative estimate of drug-likeness (QED) is 0.643. The summed E-state index contributed by atoms with van der Waals surface area (Å²) in [4.78, 5) is 12.1. The number of nitrogens with one attached hydrogen (secondary N) is 2. The van der Waals surface area contributed by atoms with Crippen LogP contribution in [0.15, 0.2) is 18.2 Å². The molecule has 2 rings (SSSR count). The van der Waals surface area contributed by atoms with E-state index >= 15 is 0 Å². The number of halogens is 1. The molecular weight excluding hydrogens is 284 g/mol. The Hall–Kier alpha value is -1.06. The molecule has 4 heteroatoms. The first-order valence-corrected chi connectivity index (χ1v) is 8.32. The molecule has 0 heterocycles. The molecule has 1 amide bonds. The highest BCUT2D eigenvalue weighted by Crippen LogP contribution is 2.17. The number of amides is 1. The van der Waals surface area contributed by atoms with Gasteiger partial charge in [-0.15, -0.1) is 0 Å². The van der Waals surface area contributed by atoms with E-state index in [4.69, 9.17) is 11.6 Å². The number of hydrogen-bond donors (Lipinski definition) is 2. The lowest BCUT2D eigenvalue weighted by Gasteiger charge is -2.16. The Morgan fingerprint density at radius 1 is 1.19 bits per heavy atom. The van der Waals surface area contributed by atoms with E-state index < -0.39 is 0 Å². The van der Waals surface area contributed by atoms with Crippen LogP contribution >= 0.6 is 11.6 Å². The van der Waals surface area contributed by atoms with Gasteiger partial charge in [0.15, 0.2) is 0 Å². The fourth-order valence-electron chi connectivity index (χ4n) is 2.87. The molecule has 0 atom stereocenters. The average molecular weight is 309 g/mol. The first-order chi connectivity index (χ1) is 10.2. The van der Waals surface area contributed by atoms with Crippen molar-refractivity contribution in [3.63, 3.8) is 0 Å². The smallest absolute Gasteiger partial charge is 0.251 e. The van der Waals surface area contributed by atoms with E-state index in [1.165, 1.54) is 38.5 Å². The molecule has 0 spiro atoms. The first kappa shape index (κ1) is 16.3. The lowest BCUT2D eigenvalue weighted by atomic mass is 10.1. The molecule has 0 aromatic heterocycles. The molecule has 1 aliphatic carbocycles. The molecular formula is C17H25ClN2O. The number of rotatable bonds is 5. The predicted octanol–water partition coefficient (Wildman–Crippen LogP) is 3.69. The van der Waals surface area contributed by atoms with Crippen LogP contribution in [-0.4, -0.2) is 25.0 Å². The summed E-state index contributed by atoms with van der Waals surface area (Å²) in [5, 5.41) is 7.12. The van der Waals surface area contributed by atoms with Gasteiger partial charge >= 0.3 is 0 Å². The molecule has 1 aromatic rings. The van der Waals surface area contributed by atoms with Gasteiger partial charge in [-0.05, 0) is 37.5 Å². The fourth-order valence-corrected chi connectivity index (χ4v) is 3.04. The van der Waals surface area contributed by atoms with E-state index in [9.17, 15) is 4.79 Å². The molecule has 116 valence electrons. The largest absolute Gasteiger partial charge is 0.351 e. The van der Waals surface area contributed by atoms with Gasteiger partial charge in [0.2, 0.25) is 0 Å². The van der Waals surface area contributed by atoms with Gasteiger partial charge in [-0.2, -0.15) is 0 Å². The molecule has 1 fully saturated rings. The molecule has 0 unspecified atom stereocenters. The highest BCUT2D eigenvalue weighted by Gasteiger charge is 2.12. The molecule has 0 saturated heterocycles. The molecule has 2 N–H and O–H groups in total. The summed E-state index contributed by atoms with van der Waals surface area (Å²) >= 11 is 5.95. The van der Waals surface area contributed by atoms with Crippen LogP contribution in [0.2, 0.25) is 5.02 Å². The second kappa shape index (κ2) is 8.40. The Balaban J connectivity index is 1.72. The van der Waals surface area contributed by atoms with Crippen molar-refractivity contribution in [2.75, 3.05) is 13.1 Å². The topological polar surface area (TPSA) is 41.1 Å². The van der Waals surface area contributed by atoms with Gasteiger partial charge in [-0.1, -0.05) is 43.4 Å². The van der Waals surface area contributed by atoms with Gasteiger partial charge in [0.1, 0.15) is 0 Å². The Bertz CT molecular complexity index is 468. The summed E-state index contributed by atoms with van der Waals surface area (Å²) in [6.45, 7) is 3.41. The minimum atomic E-state index is -0.0438. The Kier molecular flexibility index (Phi) is 6.52. The normalized spacial score (nSPS) is 16.5. The van der Waals surface area contributed by atoms with Gasteiger partial charge in [0.05, 0.1) is 0 Å². The molecule has 3 nitrogen and oxygen atoms in total. The van der Waals surface area contributed by atoms with Crippen LogP contribution in [0.1, 0.15) is 54.4 Å². The van der Waals surface area contributed by atoms with Crippen LogP contribution in [-0.2, 0) is 0 Å². The van der Waals surface area contributed by atoms with E-state index in [0.29, 0.717) is 23.2 Å². The third-order valence-electron chi connectivity index (χ3n) is 4.14. The van der Waals surface area contributed by atoms with Crippen molar-refractivity contribution in [1.82, 2.24) is 10.6 Å². The number of aryl methyl sites for hydroxylation is 1. The third kappa shape index (κ3) is 5.33. The van der Waals surface area contributed by atoms with Crippen molar-refractivity contribution >= 4 is 17.5 Å². The number of benzene rings is 1. The molecule has 0 bridgehead atoms. The van der Waals surface area contributed by atoms with Crippen molar-refractivity contribution in [3.05, 3.63) is 34.3 Å². The van der Waals surface area contributed by atoms with Gasteiger partial charge in [-0.25, -0.2) is 0 Å². The van der Waals surface area contributed by atoms with E-state index in [0.717, 1.165) is 12.1 Å². The number of hydrogen-bond acceptors (Lipinski definition) is 2. The van der Waals surface area contributed by atoms with Crippen molar-refractivity contribution in [2.24, 2.45) is 0 Å². The summed E-state index contributed by atoms with van der Waals surface area (Å²) in [5.41, 5.74) is 1.62. The zero-order valence-electron chi connectivity index (χ0n) is 12.8. The maximum Gasteiger partial charge on any atom is 0.251 e. The molecule has 1 aromatic carbocycles. The second-order valence-corrected chi connectivity index (χ2v) is 6.29. The first-order valence-electron chi connectivity index (χ1n) is 7.94. The second-order valence-electron chi connectivity index (χ2n) is 5.86. The van der Waals surface area contributed by atoms with Gasteiger partial charge in [-0.3, -0.25) is 4.79 Å². The summed E-state index contributed by atoms with van der Waals surface area (Å²) in [6.07, 6.45) is 7.91. The Labute approximate surface area is 132 Å². The van der Waals surface area contributed by atoms with Crippen molar-refractivity contribution in [2.45, 2.75) is 51.5 Å². The van der Waals surface area contributed by atoms with Crippen LogP contribution in [0, 0.1) is 6.92 Å². The molecule has 1 saturated carbocycles. The van der Waals surface area contributed by atoms with Gasteiger partial charge in [0.25, 0.3) is 5.91 Å². The monoisotopic (exact) mass is 308 g/mol. The van der Waals surface area contributed by atoms with Crippen molar-refractivity contribution < 1.29 is 4.79 Å². The summed E-state index contributed by atoms with van der Waals surface area (Å²) in [7, 11) is 0. The van der Waals surface area contributed by atoms with Crippen LogP contribution in [0.3, 0.4) is 0 Å². The molecule has 0 aliphatic heterocycles. The lowest BCUT2D eigenvalue weighted by molar-refractivity contribution is 0.0953. The Morgan fingerprint density at radius 3 is 2.62 bits per heavy atom. The van der Waals surface area contributed by atoms with Crippen LogP contribution < -0.4 is 10.6 Å². The fraction of sp³-hybridized carbons (Fsp3) is 0.588. The predicted molar refractivity (Wildman–Crippen MR) is 88.0 cm³/mol. The van der Waals surface area contributed by atoms with Crippen LogP contribution in [0.25, 0.3) is 0 Å². The van der Waals surface area contributed by atoms with Gasteiger partial charge < -0.3 is 10.6 Å². The average Bonchev–Trinajstić information content (AvgIpc) is 2.74. The summed E-state index contributed by atoms with van der Waals surface area (Å²) in [5.74, 6) is -0.0438. The minimum absolute atomic E-state index is 0.0438. The summed E-state index contributed by atoms with van der Waals surface area (Å²) in [6, 6.07) is 6.03. The van der Waals surface area contributed by atoms with Crippen LogP contribution in [0.5, 0.6) is 0 Å². The van der Waals surface area contributed by atoms with Crippen LogP contribution in [0.4, 0.5) is 0 Å². The van der Waals surface area contributed by atoms with E-state index in [1.54, 1.807) is 12.1 Å². The van der Waals surface area contributed by atoms with E-state index in [-0.39, 0.29) is 5.91 Å². The minimum Gasteiger partial charge on any atom is -0.351 e. The molecule has 1 aliphatic rings. The lowest BCUT2D eigenvalue weighted by Crippen LogP contribution is -2.37. The van der Waals surface area contributed by atoms with E-state index in [2.05, 4.69) is 10.6 Å². The zero-order chi connectivity index (χ0) is 15.1. The SMILES string of the molecule is Cc1ccc(Cl)cc1C(=O)NCCNC1CCCCCC1. The third-order valence-corrected chi connectivity index (χ3v) is 4.38. The van der Waals surface area contributed by atoms with Gasteiger partial charge in [0, 0.05) is 29.7 Å². The Morgan fingerprint density at radius 2 is 1.90 bits per heavy atom. The van der Waals surface area contributed by atoms with Crippen molar-refractivity contribution in [3.8, 4) is 0 Å². The molecule has 21 heavy (non-hydrogen) atoms. The zero-order valence-corrected chi connectivity index (χ0v) is 13.5. The molecule has 0 radical (unpaired) electrons. The maximum absolute atomic E-state index is 12.1. The number of carbonyl (C=O) groups is 1. The number of carbonyl (C=O) groups excluding carboxylic acids is 1. The highest BCUT2D eigenvalue weighted by molar-refractivity contribution is 6.31. The van der Waals surface area contributed by atoms with Crippen molar-refractivity contribution in [1.29, 1.82) is 0 Å². The maximum atomic E-state index is 12.1. The highest BCUT2D eigenvalue weighted by atomic mass is 35.5. The standard InChI is InChI=1S/C17H25ClN2O/c1-13-8-9-14(18)12-16(13)17(21)20-11-10-19-15-6-4-2-3-5-7-15/h8-9,12,15,19H,2-7,10-11H2,1H3,(H,20,21). The van der Waals surface area contributed by atoms with E-state index in [1.807, 2.05) is 13.0 Å².